The molecule has 1 heterocycles. The zero-order valence-corrected chi connectivity index (χ0v) is 11.6. The van der Waals surface area contributed by atoms with Gasteiger partial charge in [-0.3, -0.25) is 0 Å². The lowest BCUT2D eigenvalue weighted by Gasteiger charge is -2.10. The highest BCUT2D eigenvalue weighted by molar-refractivity contribution is 9.10. The molecular weight excluding hydrogens is 321 g/mol. The first-order valence-electron chi connectivity index (χ1n) is 5.18. The van der Waals surface area contributed by atoms with Gasteiger partial charge >= 0.3 is 5.97 Å². The second kappa shape index (κ2) is 5.00. The topological polar surface area (TPSA) is 72.6 Å². The molecule has 1 aromatic carbocycles. The van der Waals surface area contributed by atoms with Gasteiger partial charge in [-0.05, 0) is 34.5 Å². The van der Waals surface area contributed by atoms with Crippen LogP contribution >= 0.6 is 15.9 Å². The van der Waals surface area contributed by atoms with Gasteiger partial charge in [0, 0.05) is 6.07 Å². The molecular formula is C12H9BrFNO4. The predicted molar refractivity (Wildman–Crippen MR) is 67.8 cm³/mol. The van der Waals surface area contributed by atoms with Gasteiger partial charge in [0.05, 0.1) is 17.1 Å². The quantitative estimate of drug-likeness (QED) is 0.935. The van der Waals surface area contributed by atoms with Crippen LogP contribution in [0.5, 0.6) is 5.75 Å². The number of nitrogens with zero attached hydrogens (tertiary/aromatic N) is 1. The Morgan fingerprint density at radius 2 is 2.21 bits per heavy atom. The normalized spacial score (nSPS) is 10.5. The molecule has 0 spiro atoms. The number of hydrogen-bond donors (Lipinski definition) is 1. The Bertz CT molecular complexity index is 653. The van der Waals surface area contributed by atoms with Crippen molar-refractivity contribution in [2.75, 3.05) is 7.11 Å². The molecule has 2 aromatic rings. The van der Waals surface area contributed by atoms with Crippen molar-refractivity contribution >= 4 is 21.9 Å². The first-order valence-corrected chi connectivity index (χ1v) is 5.98. The Morgan fingerprint density at radius 3 is 2.74 bits per heavy atom. The number of carbonyl (C=O) groups is 1. The molecule has 0 fully saturated rings. The van der Waals surface area contributed by atoms with Gasteiger partial charge in [0.2, 0.25) is 0 Å². The van der Waals surface area contributed by atoms with Gasteiger partial charge in [-0.15, -0.1) is 0 Å². The number of methoxy groups -OCH3 is 1. The van der Waals surface area contributed by atoms with Crippen molar-refractivity contribution in [2.45, 2.75) is 6.92 Å². The minimum absolute atomic E-state index is 0.0308. The number of ether oxygens (including phenoxy) is 1. The van der Waals surface area contributed by atoms with E-state index in [0.717, 1.165) is 11.6 Å². The van der Waals surface area contributed by atoms with Crippen molar-refractivity contribution in [2.24, 2.45) is 0 Å². The molecule has 100 valence electrons. The van der Waals surface area contributed by atoms with Crippen LogP contribution in [0.1, 0.15) is 16.1 Å². The predicted octanol–water partition coefficient (Wildman–Crippen LogP) is 3.26. The average molecular weight is 330 g/mol. The number of carboxylic acid groups (broad SMARTS) is 1. The number of aromatic nitrogens is 1. The maximum atomic E-state index is 14.2. The number of rotatable bonds is 3. The van der Waals surface area contributed by atoms with E-state index in [-0.39, 0.29) is 22.8 Å². The highest BCUT2D eigenvalue weighted by atomic mass is 79.9. The van der Waals surface area contributed by atoms with Crippen molar-refractivity contribution in [3.8, 4) is 17.1 Å². The van der Waals surface area contributed by atoms with Crippen LogP contribution in [0, 0.1) is 12.7 Å². The van der Waals surface area contributed by atoms with Crippen LogP contribution in [0.15, 0.2) is 21.1 Å². The second-order valence-corrected chi connectivity index (χ2v) is 4.58. The Labute approximate surface area is 116 Å². The van der Waals surface area contributed by atoms with E-state index in [1.807, 2.05) is 0 Å². The lowest BCUT2D eigenvalue weighted by atomic mass is 10.1. The molecule has 0 bridgehead atoms. The number of carboxylic acids is 1. The van der Waals surface area contributed by atoms with Crippen LogP contribution < -0.4 is 4.74 Å². The third-order valence-electron chi connectivity index (χ3n) is 2.54. The summed E-state index contributed by atoms with van der Waals surface area (Å²) >= 11 is 3.22. The smallest absolute Gasteiger partial charge is 0.358 e. The standard InChI is InChI=1S/C12H9BrFNO4/c1-5-3-6(10(14)11(18-2)9(5)13)8-4-7(12(16)17)15-19-8/h3-4H,1-2H3,(H,16,17). The fourth-order valence-corrected chi connectivity index (χ4v) is 2.05. The summed E-state index contributed by atoms with van der Waals surface area (Å²) in [6.45, 7) is 1.75. The molecule has 2 rings (SSSR count). The molecule has 19 heavy (non-hydrogen) atoms. The molecule has 0 saturated carbocycles. The number of aromatic carboxylic acids is 1. The van der Waals surface area contributed by atoms with E-state index < -0.39 is 11.8 Å². The fourth-order valence-electron chi connectivity index (χ4n) is 1.60. The Kier molecular flexibility index (Phi) is 3.57. The van der Waals surface area contributed by atoms with Gasteiger partial charge in [-0.2, -0.15) is 0 Å². The number of benzene rings is 1. The Morgan fingerprint density at radius 1 is 1.53 bits per heavy atom. The summed E-state index contributed by atoms with van der Waals surface area (Å²) in [5, 5.41) is 12.1. The number of halogens is 2. The van der Waals surface area contributed by atoms with Gasteiger partial charge in [0.15, 0.2) is 23.0 Å². The molecule has 5 nitrogen and oxygen atoms in total. The summed E-state index contributed by atoms with van der Waals surface area (Å²) in [6, 6.07) is 2.68. The van der Waals surface area contributed by atoms with Crippen LogP contribution in [-0.2, 0) is 0 Å². The van der Waals surface area contributed by atoms with E-state index in [1.54, 1.807) is 6.92 Å². The first-order chi connectivity index (χ1) is 8.95. The van der Waals surface area contributed by atoms with Crippen molar-refractivity contribution in [1.82, 2.24) is 5.16 Å². The summed E-state index contributed by atoms with van der Waals surface area (Å²) in [7, 11) is 1.34. The van der Waals surface area contributed by atoms with Crippen molar-refractivity contribution in [3.63, 3.8) is 0 Å². The van der Waals surface area contributed by atoms with Gasteiger partial charge < -0.3 is 14.4 Å². The van der Waals surface area contributed by atoms with Crippen LogP contribution in [-0.4, -0.2) is 23.3 Å². The van der Waals surface area contributed by atoms with Crippen molar-refractivity contribution in [3.05, 3.63) is 33.7 Å². The minimum atomic E-state index is -1.24. The molecule has 0 unspecified atom stereocenters. The van der Waals surface area contributed by atoms with E-state index in [4.69, 9.17) is 14.4 Å². The van der Waals surface area contributed by atoms with E-state index in [1.165, 1.54) is 13.2 Å². The zero-order chi connectivity index (χ0) is 14.2. The first kappa shape index (κ1) is 13.5. The molecule has 0 aliphatic rings. The maximum absolute atomic E-state index is 14.2. The summed E-state index contributed by atoms with van der Waals surface area (Å²) in [4.78, 5) is 10.7. The molecule has 0 saturated heterocycles. The van der Waals surface area contributed by atoms with Gasteiger partial charge in [0.25, 0.3) is 0 Å². The summed E-state index contributed by atoms with van der Waals surface area (Å²) < 4.78 is 24.5. The SMILES string of the molecule is COc1c(F)c(-c2cc(C(=O)O)no2)cc(C)c1Br. The number of aryl methyl sites for hydroxylation is 1. The summed E-state index contributed by atoms with van der Waals surface area (Å²) in [5.74, 6) is -1.82. The molecule has 1 aromatic heterocycles. The van der Waals surface area contributed by atoms with E-state index in [2.05, 4.69) is 21.1 Å². The van der Waals surface area contributed by atoms with E-state index >= 15 is 0 Å². The van der Waals surface area contributed by atoms with Crippen LogP contribution in [0.25, 0.3) is 11.3 Å². The Balaban J connectivity index is 2.61. The van der Waals surface area contributed by atoms with E-state index in [0.29, 0.717) is 4.47 Å². The van der Waals surface area contributed by atoms with Crippen molar-refractivity contribution < 1.29 is 23.6 Å². The lowest BCUT2D eigenvalue weighted by molar-refractivity contribution is 0.0686. The molecule has 0 aliphatic heterocycles. The van der Waals surface area contributed by atoms with Gasteiger partial charge in [0.1, 0.15) is 0 Å². The van der Waals surface area contributed by atoms with Crippen LogP contribution in [0.3, 0.4) is 0 Å². The van der Waals surface area contributed by atoms with Crippen LogP contribution in [0.4, 0.5) is 4.39 Å². The van der Waals surface area contributed by atoms with Gasteiger partial charge in [-0.1, -0.05) is 5.16 Å². The zero-order valence-electron chi connectivity index (χ0n) is 10.0. The molecule has 1 N–H and O–H groups in total. The Hall–Kier alpha value is -1.89. The second-order valence-electron chi connectivity index (χ2n) is 3.78. The molecule has 0 radical (unpaired) electrons. The summed E-state index contributed by atoms with van der Waals surface area (Å²) in [6.07, 6.45) is 0. The molecule has 0 aliphatic carbocycles. The highest BCUT2D eigenvalue weighted by Crippen LogP contribution is 2.37. The largest absolute Gasteiger partial charge is 0.492 e. The lowest BCUT2D eigenvalue weighted by Crippen LogP contribution is -1.96. The van der Waals surface area contributed by atoms with Crippen LogP contribution in [0.2, 0.25) is 0 Å². The number of hydrogen-bond acceptors (Lipinski definition) is 4. The monoisotopic (exact) mass is 329 g/mol. The van der Waals surface area contributed by atoms with Gasteiger partial charge in [-0.25, -0.2) is 9.18 Å². The third kappa shape index (κ3) is 2.33. The summed E-state index contributed by atoms with van der Waals surface area (Å²) in [5.41, 5.74) is 0.535. The fraction of sp³-hybridized carbons (Fsp3) is 0.167. The maximum Gasteiger partial charge on any atom is 0.358 e. The molecule has 7 heteroatoms. The third-order valence-corrected chi connectivity index (χ3v) is 3.53. The van der Waals surface area contributed by atoms with Crippen molar-refractivity contribution in [1.29, 1.82) is 0 Å². The van der Waals surface area contributed by atoms with E-state index in [9.17, 15) is 9.18 Å². The highest BCUT2D eigenvalue weighted by Gasteiger charge is 2.21. The average Bonchev–Trinajstić information content (AvgIpc) is 2.84. The minimum Gasteiger partial charge on any atom is -0.492 e. The molecule has 0 amide bonds. The molecule has 0 atom stereocenters.